The van der Waals surface area contributed by atoms with Crippen LogP contribution < -0.4 is 0 Å². The van der Waals surface area contributed by atoms with Crippen molar-refractivity contribution < 1.29 is 4.79 Å². The molecule has 1 heterocycles. The molecule has 0 bridgehead atoms. The second kappa shape index (κ2) is 6.19. The van der Waals surface area contributed by atoms with E-state index in [2.05, 4.69) is 54.9 Å². The van der Waals surface area contributed by atoms with Gasteiger partial charge in [-0.05, 0) is 67.6 Å². The third-order valence-electron chi connectivity index (χ3n) is 7.74. The largest absolute Gasteiger partial charge is 0.299 e. The Balaban J connectivity index is 1.61. The zero-order valence-electron chi connectivity index (χ0n) is 15.7. The maximum Gasteiger partial charge on any atom is 0.139 e. The predicted molar refractivity (Wildman–Crippen MR) is 112 cm³/mol. The summed E-state index contributed by atoms with van der Waals surface area (Å²) in [6, 6.07) is 0. The molecule has 1 nitrogen and oxygen atoms in total. The van der Waals surface area contributed by atoms with Crippen LogP contribution in [0.25, 0.3) is 0 Å². The van der Waals surface area contributed by atoms with Crippen LogP contribution in [0.5, 0.6) is 0 Å². The molecule has 138 valence electrons. The molecule has 0 unspecified atom stereocenters. The summed E-state index contributed by atoms with van der Waals surface area (Å²) in [6.45, 7) is 6.13. The molecule has 5 aliphatic rings. The first kappa shape index (κ1) is 17.5. The average Bonchev–Trinajstić information content (AvgIpc) is 3.19. The van der Waals surface area contributed by atoms with Gasteiger partial charge in [-0.2, -0.15) is 0 Å². The Labute approximate surface area is 165 Å². The van der Waals surface area contributed by atoms with Gasteiger partial charge in [-0.25, -0.2) is 0 Å². The summed E-state index contributed by atoms with van der Waals surface area (Å²) in [4.78, 5) is 12.7. The highest BCUT2D eigenvalue weighted by atomic mass is 32.2. The van der Waals surface area contributed by atoms with Gasteiger partial charge in [-0.1, -0.05) is 25.2 Å². The second-order valence-corrected chi connectivity index (χ2v) is 12.0. The van der Waals surface area contributed by atoms with E-state index in [1.54, 1.807) is 16.7 Å². The molecule has 2 saturated carbocycles. The summed E-state index contributed by atoms with van der Waals surface area (Å²) in [6.07, 6.45) is 12.7. The minimum atomic E-state index is -0.110. The molecule has 1 spiro atoms. The number of ketones is 1. The monoisotopic (exact) mass is 384 g/mol. The summed E-state index contributed by atoms with van der Waals surface area (Å²) < 4.78 is 0.364. The lowest BCUT2D eigenvalue weighted by atomic mass is 9.54. The number of allylic oxidation sites excluding steroid dienone is 4. The van der Waals surface area contributed by atoms with E-state index < -0.39 is 0 Å². The van der Waals surface area contributed by atoms with Crippen molar-refractivity contribution in [2.24, 2.45) is 23.2 Å². The molecule has 0 N–H and O–H groups in total. The molecular weight excluding hydrogens is 356 g/mol. The van der Waals surface area contributed by atoms with Gasteiger partial charge in [0.1, 0.15) is 5.78 Å². The Kier molecular flexibility index (Phi) is 4.16. The van der Waals surface area contributed by atoms with Crippen molar-refractivity contribution in [1.82, 2.24) is 0 Å². The zero-order valence-corrected chi connectivity index (χ0v) is 17.3. The molecule has 4 atom stereocenters. The van der Waals surface area contributed by atoms with E-state index in [4.69, 9.17) is 0 Å². The van der Waals surface area contributed by atoms with E-state index in [1.165, 1.54) is 37.2 Å². The molecule has 0 aromatic carbocycles. The van der Waals surface area contributed by atoms with Crippen LogP contribution in [-0.2, 0) is 4.79 Å². The van der Waals surface area contributed by atoms with E-state index in [-0.39, 0.29) is 5.41 Å². The number of hydrogen-bond donors (Lipinski definition) is 0. The van der Waals surface area contributed by atoms with Crippen LogP contribution >= 0.6 is 23.5 Å². The van der Waals surface area contributed by atoms with E-state index in [0.717, 1.165) is 19.3 Å². The lowest BCUT2D eigenvalue weighted by Crippen LogP contribution is -2.44. The van der Waals surface area contributed by atoms with Crippen molar-refractivity contribution >= 4 is 29.3 Å². The first-order valence-electron chi connectivity index (χ1n) is 10.2. The van der Waals surface area contributed by atoms with E-state index in [0.29, 0.717) is 27.6 Å². The molecular formula is C23H28OS2. The molecule has 3 fully saturated rings. The fourth-order valence-corrected chi connectivity index (χ4v) is 9.74. The van der Waals surface area contributed by atoms with Gasteiger partial charge >= 0.3 is 0 Å². The van der Waals surface area contributed by atoms with Gasteiger partial charge in [0.05, 0.1) is 4.08 Å². The topological polar surface area (TPSA) is 17.1 Å². The van der Waals surface area contributed by atoms with Gasteiger partial charge < -0.3 is 0 Å². The Bertz CT molecular complexity index is 763. The van der Waals surface area contributed by atoms with Crippen LogP contribution in [0.1, 0.15) is 51.9 Å². The smallest absolute Gasteiger partial charge is 0.139 e. The Morgan fingerprint density at radius 2 is 2.04 bits per heavy atom. The van der Waals surface area contributed by atoms with E-state index in [9.17, 15) is 4.79 Å². The van der Waals surface area contributed by atoms with Crippen molar-refractivity contribution in [2.75, 3.05) is 11.5 Å². The van der Waals surface area contributed by atoms with Crippen molar-refractivity contribution in [1.29, 1.82) is 0 Å². The maximum absolute atomic E-state index is 12.7. The summed E-state index contributed by atoms with van der Waals surface area (Å²) in [5.41, 5.74) is 7.95. The predicted octanol–water partition coefficient (Wildman–Crippen LogP) is 5.94. The van der Waals surface area contributed by atoms with E-state index in [1.807, 2.05) is 0 Å². The first-order valence-corrected chi connectivity index (χ1v) is 12.2. The molecule has 0 aromatic rings. The van der Waals surface area contributed by atoms with Crippen LogP contribution in [0.15, 0.2) is 41.2 Å². The second-order valence-electron chi connectivity index (χ2n) is 8.92. The van der Waals surface area contributed by atoms with Gasteiger partial charge in [0, 0.05) is 29.3 Å². The summed E-state index contributed by atoms with van der Waals surface area (Å²) in [5.74, 6) is 4.66. The molecule has 0 amide bonds. The van der Waals surface area contributed by atoms with E-state index >= 15 is 0 Å². The highest BCUT2D eigenvalue weighted by Crippen LogP contribution is 2.62. The van der Waals surface area contributed by atoms with Gasteiger partial charge in [-0.15, -0.1) is 29.3 Å². The van der Waals surface area contributed by atoms with Crippen LogP contribution in [0.3, 0.4) is 0 Å². The van der Waals surface area contributed by atoms with Gasteiger partial charge in [0.25, 0.3) is 0 Å². The number of carbonyl (C=O) groups is 1. The fraction of sp³-hybridized carbons (Fsp3) is 0.652. The van der Waals surface area contributed by atoms with Crippen LogP contribution in [0.4, 0.5) is 0 Å². The standard InChI is InChI=1S/C23H28OS2/c1-3-4-16-13-22(2)19(7-8-20(22)24)18-6-5-15-14-23(25-11-12-26-23)10-9-17(15)21(16)18/h4,14,16,18-19H,1,5-13H2,2H3/t16-,18-,19-,22-/m0/s1. The summed E-state index contributed by atoms with van der Waals surface area (Å²) in [5, 5.41) is 0. The molecule has 4 aliphatic carbocycles. The number of hydrogen-bond acceptors (Lipinski definition) is 3. The zero-order chi connectivity index (χ0) is 17.9. The highest BCUT2D eigenvalue weighted by Gasteiger charge is 2.56. The van der Waals surface area contributed by atoms with Crippen LogP contribution in [0.2, 0.25) is 0 Å². The lowest BCUT2D eigenvalue weighted by molar-refractivity contribution is -0.128. The average molecular weight is 385 g/mol. The third-order valence-corrected chi connectivity index (χ3v) is 11.1. The maximum atomic E-state index is 12.7. The Morgan fingerprint density at radius 1 is 1.23 bits per heavy atom. The number of Topliss-reactive ketones (excluding diaryl/α,β-unsaturated/α-hetero) is 1. The van der Waals surface area contributed by atoms with Crippen LogP contribution in [-0.4, -0.2) is 21.4 Å². The first-order chi connectivity index (χ1) is 12.6. The lowest BCUT2D eigenvalue weighted by Gasteiger charge is -2.50. The van der Waals surface area contributed by atoms with Crippen molar-refractivity contribution in [2.45, 2.75) is 55.9 Å². The van der Waals surface area contributed by atoms with Gasteiger partial charge in [0.15, 0.2) is 0 Å². The molecule has 3 heteroatoms. The minimum absolute atomic E-state index is 0.110. The minimum Gasteiger partial charge on any atom is -0.299 e. The Hall–Kier alpha value is -0.630. The van der Waals surface area contributed by atoms with Crippen molar-refractivity contribution in [3.05, 3.63) is 41.2 Å². The van der Waals surface area contributed by atoms with Crippen LogP contribution in [0, 0.1) is 23.2 Å². The molecule has 5 rings (SSSR count). The van der Waals surface area contributed by atoms with Crippen molar-refractivity contribution in [3.63, 3.8) is 0 Å². The van der Waals surface area contributed by atoms with Crippen molar-refractivity contribution in [3.8, 4) is 0 Å². The van der Waals surface area contributed by atoms with Gasteiger partial charge in [-0.3, -0.25) is 4.79 Å². The SMILES string of the molecule is C=C=C[C@H]1C[C@]2(C)C(=O)CC[C@H]2[C@@H]2CCC3=CC4(CCC3=C21)SCCS4. The Morgan fingerprint density at radius 3 is 2.81 bits per heavy atom. The highest BCUT2D eigenvalue weighted by molar-refractivity contribution is 8.21. The quantitative estimate of drug-likeness (QED) is 0.521. The normalized spacial score (nSPS) is 40.6. The molecule has 0 aromatic heterocycles. The number of carbonyl (C=O) groups excluding carboxylic acids is 1. The molecule has 26 heavy (non-hydrogen) atoms. The number of fused-ring (bicyclic) bond motifs is 4. The molecule has 1 aliphatic heterocycles. The summed E-state index contributed by atoms with van der Waals surface area (Å²) >= 11 is 4.33. The summed E-state index contributed by atoms with van der Waals surface area (Å²) in [7, 11) is 0. The fourth-order valence-electron chi connectivity index (χ4n) is 6.61. The van der Waals surface area contributed by atoms with Gasteiger partial charge in [0.2, 0.25) is 0 Å². The number of thioether (sulfide) groups is 2. The number of rotatable bonds is 1. The molecule has 1 saturated heterocycles. The molecule has 0 radical (unpaired) electrons. The third kappa shape index (κ3) is 2.43.